The summed E-state index contributed by atoms with van der Waals surface area (Å²) in [5.74, 6) is 0.798. The van der Waals surface area contributed by atoms with Crippen LogP contribution in [0.4, 0.5) is 34.1 Å². The van der Waals surface area contributed by atoms with Crippen LogP contribution < -0.4 is 9.80 Å². The summed E-state index contributed by atoms with van der Waals surface area (Å²) in [5.41, 5.74) is 16.9. The van der Waals surface area contributed by atoms with Crippen LogP contribution in [0.1, 0.15) is 103 Å². The zero-order valence-corrected chi connectivity index (χ0v) is 40.5. The van der Waals surface area contributed by atoms with E-state index in [-0.39, 0.29) is 10.8 Å². The topological polar surface area (TPSA) is 6.48 Å². The van der Waals surface area contributed by atoms with Crippen molar-refractivity contribution in [2.75, 3.05) is 9.80 Å². The molecule has 0 N–H and O–H groups in total. The minimum atomic E-state index is -0.00409. The Morgan fingerprint density at radius 3 is 0.985 bits per heavy atom. The van der Waals surface area contributed by atoms with E-state index >= 15 is 0 Å². The van der Waals surface area contributed by atoms with E-state index in [9.17, 15) is 0 Å². The van der Waals surface area contributed by atoms with Crippen molar-refractivity contribution in [1.29, 1.82) is 0 Å². The normalized spacial score (nSPS) is 12.1. The highest BCUT2D eigenvalue weighted by Gasteiger charge is 2.24. The molecule has 330 valence electrons. The van der Waals surface area contributed by atoms with Gasteiger partial charge in [0.25, 0.3) is 0 Å². The van der Waals surface area contributed by atoms with Crippen LogP contribution in [0.3, 0.4) is 0 Å². The first-order valence-corrected chi connectivity index (χ1v) is 23.8. The molecule has 9 aromatic carbocycles. The van der Waals surface area contributed by atoms with Crippen molar-refractivity contribution in [3.63, 3.8) is 0 Å². The Bertz CT molecular complexity index is 2950. The third-order valence-corrected chi connectivity index (χ3v) is 13.3. The third-order valence-electron chi connectivity index (χ3n) is 13.3. The molecule has 0 bridgehead atoms. The molecule has 2 nitrogen and oxygen atoms in total. The highest BCUT2D eigenvalue weighted by molar-refractivity contribution is 6.22. The van der Waals surface area contributed by atoms with E-state index < -0.39 is 0 Å². The minimum absolute atomic E-state index is 0.00409. The van der Waals surface area contributed by atoms with Crippen molar-refractivity contribution in [1.82, 2.24) is 0 Å². The fourth-order valence-electron chi connectivity index (χ4n) is 9.48. The van der Waals surface area contributed by atoms with E-state index in [4.69, 9.17) is 0 Å². The van der Waals surface area contributed by atoms with Crippen LogP contribution in [0.2, 0.25) is 0 Å². The molecule has 2 heteroatoms. The Morgan fingerprint density at radius 2 is 0.636 bits per heavy atom. The molecule has 0 saturated carbocycles. The average molecular weight is 861 g/mol. The van der Waals surface area contributed by atoms with Gasteiger partial charge in [0.05, 0.1) is 0 Å². The van der Waals surface area contributed by atoms with E-state index in [1.54, 1.807) is 0 Å². The van der Waals surface area contributed by atoms with Gasteiger partial charge in [-0.3, -0.25) is 0 Å². The van der Waals surface area contributed by atoms with Gasteiger partial charge in [0.1, 0.15) is 0 Å². The van der Waals surface area contributed by atoms with Crippen molar-refractivity contribution < 1.29 is 0 Å². The fraction of sp³-hybridized carbons (Fsp3) is 0.219. The second kappa shape index (κ2) is 17.8. The molecular formula is C64H64N2. The number of rotatable bonds is 10. The first-order valence-electron chi connectivity index (χ1n) is 23.8. The highest BCUT2D eigenvalue weighted by Crippen LogP contribution is 2.49. The molecule has 0 amide bonds. The van der Waals surface area contributed by atoms with Gasteiger partial charge in [0.15, 0.2) is 0 Å². The largest absolute Gasteiger partial charge is 0.310 e. The Morgan fingerprint density at radius 1 is 0.303 bits per heavy atom. The summed E-state index contributed by atoms with van der Waals surface area (Å²) in [6, 6.07) is 72.8. The Labute approximate surface area is 394 Å². The van der Waals surface area contributed by atoms with Gasteiger partial charge in [-0.2, -0.15) is 0 Å². The molecule has 0 aliphatic carbocycles. The summed E-state index contributed by atoms with van der Waals surface area (Å²) in [4.78, 5) is 4.92. The fourth-order valence-corrected chi connectivity index (χ4v) is 9.48. The van der Waals surface area contributed by atoms with Crippen molar-refractivity contribution in [3.8, 4) is 22.3 Å². The molecule has 0 fully saturated rings. The minimum Gasteiger partial charge on any atom is -0.310 e. The molecule has 0 radical (unpaired) electrons. The molecule has 0 saturated heterocycles. The SMILES string of the molecule is CC(C)c1cccc(N(c2cccc(C(C)(C)C)c2)c2ccc3c(-c4ccccc4)c4cc(N(c5cccc(C(C)C)c5)c5cccc(C(C)(C)C)c5)ccc4c(-c4ccccc4)c3c2)c1. The first kappa shape index (κ1) is 44.3. The van der Waals surface area contributed by atoms with Crippen LogP contribution in [-0.2, 0) is 10.8 Å². The smallest absolute Gasteiger partial charge is 0.0468 e. The molecule has 66 heavy (non-hydrogen) atoms. The van der Waals surface area contributed by atoms with Gasteiger partial charge in [-0.05, 0) is 162 Å². The van der Waals surface area contributed by atoms with Crippen LogP contribution in [0.25, 0.3) is 43.8 Å². The lowest BCUT2D eigenvalue weighted by Gasteiger charge is -2.30. The molecule has 0 aromatic heterocycles. The standard InChI is InChI=1S/C64H64N2/c1-43(2)47-25-17-29-51(37-47)65(53-31-19-27-49(39-53)63(5,6)7)55-33-35-57-59(41-55)61(45-21-13-11-14-22-45)58-36-34-56(42-60(58)62(57)46-23-15-12-16-24-46)66(52-30-18-26-48(38-52)44(3)4)54-32-20-28-50(40-54)64(8,9)10/h11-44H,1-10H3. The van der Waals surface area contributed by atoms with Crippen LogP contribution in [0, 0.1) is 0 Å². The second-order valence-electron chi connectivity index (χ2n) is 20.7. The average Bonchev–Trinajstić information content (AvgIpc) is 3.31. The molecule has 0 unspecified atom stereocenters. The predicted molar refractivity (Wildman–Crippen MR) is 287 cm³/mol. The van der Waals surface area contributed by atoms with Gasteiger partial charge in [-0.25, -0.2) is 0 Å². The summed E-state index contributed by atoms with van der Waals surface area (Å²) >= 11 is 0. The zero-order valence-electron chi connectivity index (χ0n) is 40.5. The number of hydrogen-bond donors (Lipinski definition) is 0. The van der Waals surface area contributed by atoms with E-state index in [1.165, 1.54) is 66.1 Å². The molecule has 0 spiro atoms. The molecule has 9 aromatic rings. The number of hydrogen-bond acceptors (Lipinski definition) is 2. The molecular weight excluding hydrogens is 797 g/mol. The number of nitrogens with zero attached hydrogens (tertiary/aromatic N) is 2. The summed E-state index contributed by atoms with van der Waals surface area (Å²) in [6.07, 6.45) is 0. The number of fused-ring (bicyclic) bond motifs is 2. The summed E-state index contributed by atoms with van der Waals surface area (Å²) in [5, 5.41) is 4.87. The van der Waals surface area contributed by atoms with Crippen LogP contribution in [0.5, 0.6) is 0 Å². The van der Waals surface area contributed by atoms with E-state index in [1.807, 2.05) is 0 Å². The quantitative estimate of drug-likeness (QED) is 0.126. The van der Waals surface area contributed by atoms with Crippen LogP contribution in [-0.4, -0.2) is 0 Å². The first-order chi connectivity index (χ1) is 31.7. The summed E-state index contributed by atoms with van der Waals surface area (Å²) in [7, 11) is 0. The summed E-state index contributed by atoms with van der Waals surface area (Å²) in [6.45, 7) is 22.9. The van der Waals surface area contributed by atoms with Gasteiger partial charge in [0.2, 0.25) is 0 Å². The number of anilines is 6. The van der Waals surface area contributed by atoms with Gasteiger partial charge in [-0.1, -0.05) is 191 Å². The van der Waals surface area contributed by atoms with Crippen molar-refractivity contribution in [2.45, 2.75) is 91.9 Å². The lowest BCUT2D eigenvalue weighted by atomic mass is 9.85. The molecule has 0 atom stereocenters. The maximum Gasteiger partial charge on any atom is 0.0468 e. The van der Waals surface area contributed by atoms with E-state index in [0.717, 1.165) is 34.1 Å². The van der Waals surface area contributed by atoms with Crippen molar-refractivity contribution in [2.24, 2.45) is 0 Å². The Kier molecular flexibility index (Phi) is 12.0. The van der Waals surface area contributed by atoms with Gasteiger partial charge < -0.3 is 9.80 Å². The van der Waals surface area contributed by atoms with Crippen molar-refractivity contribution >= 4 is 55.7 Å². The van der Waals surface area contributed by atoms with Crippen LogP contribution >= 0.6 is 0 Å². The van der Waals surface area contributed by atoms with Gasteiger partial charge in [-0.15, -0.1) is 0 Å². The Balaban J connectivity index is 1.36. The van der Waals surface area contributed by atoms with Crippen LogP contribution in [0.15, 0.2) is 194 Å². The van der Waals surface area contributed by atoms with E-state index in [2.05, 4.69) is 273 Å². The molecule has 0 heterocycles. The second-order valence-corrected chi connectivity index (χ2v) is 20.7. The lowest BCUT2D eigenvalue weighted by Crippen LogP contribution is -2.15. The summed E-state index contributed by atoms with van der Waals surface area (Å²) < 4.78 is 0. The number of benzene rings is 9. The predicted octanol–water partition coefficient (Wildman–Crippen LogP) is 19.1. The third kappa shape index (κ3) is 8.78. The molecule has 0 aliphatic rings. The van der Waals surface area contributed by atoms with E-state index in [0.29, 0.717) is 11.8 Å². The maximum atomic E-state index is 2.46. The highest BCUT2D eigenvalue weighted by atomic mass is 15.1. The van der Waals surface area contributed by atoms with Crippen molar-refractivity contribution in [3.05, 3.63) is 216 Å². The van der Waals surface area contributed by atoms with Gasteiger partial charge >= 0.3 is 0 Å². The zero-order chi connectivity index (χ0) is 46.3. The molecule has 0 aliphatic heterocycles. The molecule has 9 rings (SSSR count). The lowest BCUT2D eigenvalue weighted by molar-refractivity contribution is 0.590. The Hall–Kier alpha value is -6.90. The monoisotopic (exact) mass is 861 g/mol. The van der Waals surface area contributed by atoms with Gasteiger partial charge in [0, 0.05) is 34.1 Å². The maximum absolute atomic E-state index is 2.46.